The van der Waals surface area contributed by atoms with Gasteiger partial charge in [0.1, 0.15) is 18.3 Å². The molecule has 10 heteroatoms. The zero-order valence-electron chi connectivity index (χ0n) is 24.3. The molecule has 2 amide bonds. The number of sulfonamides is 1. The van der Waals surface area contributed by atoms with Gasteiger partial charge in [-0.25, -0.2) is 8.42 Å². The summed E-state index contributed by atoms with van der Waals surface area (Å²) in [7, 11) is -2.69. The lowest BCUT2D eigenvalue weighted by atomic mass is 10.1. The van der Waals surface area contributed by atoms with E-state index in [-0.39, 0.29) is 29.1 Å². The highest BCUT2D eigenvalue weighted by molar-refractivity contribution is 7.92. The fourth-order valence-electron chi connectivity index (χ4n) is 5.27. The number of hydrogen-bond acceptors (Lipinski definition) is 5. The quantitative estimate of drug-likeness (QED) is 0.283. The van der Waals surface area contributed by atoms with Crippen LogP contribution in [0.2, 0.25) is 5.02 Å². The molecule has 0 spiro atoms. The second-order valence-electron chi connectivity index (χ2n) is 10.5. The molecule has 224 valence electrons. The van der Waals surface area contributed by atoms with Crippen molar-refractivity contribution >= 4 is 39.1 Å². The van der Waals surface area contributed by atoms with Crippen molar-refractivity contribution in [1.29, 1.82) is 0 Å². The van der Waals surface area contributed by atoms with Crippen LogP contribution >= 0.6 is 11.6 Å². The first-order chi connectivity index (χ1) is 20.1. The van der Waals surface area contributed by atoms with Gasteiger partial charge in [0.15, 0.2) is 0 Å². The van der Waals surface area contributed by atoms with Gasteiger partial charge in [-0.1, -0.05) is 55.6 Å². The number of methoxy groups -OCH3 is 1. The summed E-state index contributed by atoms with van der Waals surface area (Å²) in [4.78, 5) is 29.3. The van der Waals surface area contributed by atoms with E-state index in [4.69, 9.17) is 16.3 Å². The first-order valence-electron chi connectivity index (χ1n) is 14.2. The predicted octanol–water partition coefficient (Wildman–Crippen LogP) is 5.72. The molecule has 0 heterocycles. The summed E-state index contributed by atoms with van der Waals surface area (Å²) in [5, 5.41) is 3.57. The lowest BCUT2D eigenvalue weighted by Crippen LogP contribution is -2.53. The van der Waals surface area contributed by atoms with Crippen molar-refractivity contribution in [1.82, 2.24) is 10.2 Å². The van der Waals surface area contributed by atoms with E-state index in [0.717, 1.165) is 41.1 Å². The molecule has 0 aliphatic heterocycles. The molecule has 1 atom stereocenters. The van der Waals surface area contributed by atoms with Crippen LogP contribution in [0.3, 0.4) is 0 Å². The van der Waals surface area contributed by atoms with Crippen molar-refractivity contribution in [2.24, 2.45) is 0 Å². The molecule has 1 aliphatic rings. The van der Waals surface area contributed by atoms with E-state index in [0.29, 0.717) is 17.2 Å². The third-order valence-corrected chi connectivity index (χ3v) is 9.77. The number of ether oxygens (including phenoxy) is 1. The average Bonchev–Trinajstić information content (AvgIpc) is 3.50. The molecule has 0 radical (unpaired) electrons. The zero-order valence-corrected chi connectivity index (χ0v) is 25.8. The van der Waals surface area contributed by atoms with Crippen LogP contribution in [0.25, 0.3) is 0 Å². The molecular weight excluding hydrogens is 574 g/mol. The maximum Gasteiger partial charge on any atom is 0.264 e. The molecule has 1 fully saturated rings. The van der Waals surface area contributed by atoms with Crippen molar-refractivity contribution in [3.8, 4) is 5.75 Å². The summed E-state index contributed by atoms with van der Waals surface area (Å²) >= 11 is 6.11. The number of nitrogens with one attached hydrogen (secondary N) is 1. The number of anilines is 1. The Morgan fingerprint density at radius 1 is 1.00 bits per heavy atom. The second kappa shape index (κ2) is 14.1. The number of rotatable bonds is 12. The number of carbonyl (C=O) groups is 2. The number of benzene rings is 3. The SMILES string of the molecule is CC[C@@H](C(=O)NC1CCCC1)N(Cc1ccccc1C)C(=O)CN(c1ccc(Cl)cc1)S(=O)(=O)c1ccc(OC)cc1. The summed E-state index contributed by atoms with van der Waals surface area (Å²) in [6.07, 6.45) is 4.33. The van der Waals surface area contributed by atoms with Gasteiger partial charge in [-0.05, 0) is 85.8 Å². The molecule has 8 nitrogen and oxygen atoms in total. The minimum absolute atomic E-state index is 0.00233. The summed E-state index contributed by atoms with van der Waals surface area (Å²) in [6, 6.07) is 19.3. The van der Waals surface area contributed by atoms with Crippen LogP contribution in [0, 0.1) is 6.92 Å². The molecule has 3 aromatic rings. The van der Waals surface area contributed by atoms with E-state index in [1.807, 2.05) is 38.1 Å². The van der Waals surface area contributed by atoms with Crippen molar-refractivity contribution < 1.29 is 22.7 Å². The first kappa shape index (κ1) is 31.4. The first-order valence-corrected chi connectivity index (χ1v) is 16.0. The number of nitrogens with zero attached hydrogens (tertiary/aromatic N) is 2. The topological polar surface area (TPSA) is 96.0 Å². The molecular formula is C32H38ClN3O5S. The van der Waals surface area contributed by atoms with Crippen molar-refractivity contribution in [2.45, 2.75) is 69.5 Å². The van der Waals surface area contributed by atoms with Crippen LogP contribution in [-0.2, 0) is 26.2 Å². The number of hydrogen-bond donors (Lipinski definition) is 1. The van der Waals surface area contributed by atoms with Gasteiger partial charge in [0.25, 0.3) is 10.0 Å². The van der Waals surface area contributed by atoms with E-state index in [1.165, 1.54) is 24.1 Å². The number of amides is 2. The molecule has 0 unspecified atom stereocenters. The van der Waals surface area contributed by atoms with Gasteiger partial charge >= 0.3 is 0 Å². The molecule has 1 aliphatic carbocycles. The Balaban J connectivity index is 1.71. The Labute approximate surface area is 253 Å². The van der Waals surface area contributed by atoms with Crippen molar-refractivity contribution in [3.05, 3.63) is 88.9 Å². The second-order valence-corrected chi connectivity index (χ2v) is 12.8. The Kier molecular flexibility index (Phi) is 10.5. The summed E-state index contributed by atoms with van der Waals surface area (Å²) in [5.41, 5.74) is 2.14. The Morgan fingerprint density at radius 3 is 2.24 bits per heavy atom. The van der Waals surface area contributed by atoms with Gasteiger partial charge in [-0.15, -0.1) is 0 Å². The minimum atomic E-state index is -4.19. The van der Waals surface area contributed by atoms with E-state index < -0.39 is 28.5 Å². The Morgan fingerprint density at radius 2 is 1.64 bits per heavy atom. The molecule has 0 aromatic heterocycles. The highest BCUT2D eigenvalue weighted by Gasteiger charge is 2.34. The summed E-state index contributed by atoms with van der Waals surface area (Å²) < 4.78 is 34.2. The summed E-state index contributed by atoms with van der Waals surface area (Å²) in [6.45, 7) is 3.47. The standard InChI is InChI=1S/C32H38ClN3O5S/c1-4-30(32(38)34-26-11-7-8-12-26)35(21-24-10-6-5-9-23(24)2)31(37)22-36(27-15-13-25(33)14-16-27)42(39,40)29-19-17-28(41-3)18-20-29/h5-6,9-10,13-20,26,30H,4,7-8,11-12,21-22H2,1-3H3,(H,34,38)/t30-/m0/s1. The lowest BCUT2D eigenvalue weighted by molar-refractivity contribution is -0.140. The highest BCUT2D eigenvalue weighted by Crippen LogP contribution is 2.28. The van der Waals surface area contributed by atoms with E-state index in [1.54, 1.807) is 36.4 Å². The average molecular weight is 612 g/mol. The molecule has 0 saturated heterocycles. The number of aryl methyl sites for hydroxylation is 1. The fourth-order valence-corrected chi connectivity index (χ4v) is 6.81. The normalized spacial score (nSPS) is 14.3. The monoisotopic (exact) mass is 611 g/mol. The molecule has 1 N–H and O–H groups in total. The fraction of sp³-hybridized carbons (Fsp3) is 0.375. The van der Waals surface area contributed by atoms with Crippen LogP contribution in [0.5, 0.6) is 5.75 Å². The van der Waals surface area contributed by atoms with Gasteiger partial charge < -0.3 is 15.0 Å². The van der Waals surface area contributed by atoms with E-state index in [2.05, 4.69) is 5.32 Å². The van der Waals surface area contributed by atoms with Gasteiger partial charge in [0, 0.05) is 17.6 Å². The molecule has 42 heavy (non-hydrogen) atoms. The molecule has 3 aromatic carbocycles. The molecule has 0 bridgehead atoms. The van der Waals surface area contributed by atoms with Crippen LogP contribution < -0.4 is 14.4 Å². The maximum absolute atomic E-state index is 14.2. The van der Waals surface area contributed by atoms with Crippen LogP contribution in [0.1, 0.15) is 50.2 Å². The van der Waals surface area contributed by atoms with Crippen molar-refractivity contribution in [2.75, 3.05) is 18.0 Å². The third-order valence-electron chi connectivity index (χ3n) is 7.73. The number of carbonyl (C=O) groups excluding carboxylic acids is 2. The zero-order chi connectivity index (χ0) is 30.3. The predicted molar refractivity (Wildman–Crippen MR) is 165 cm³/mol. The maximum atomic E-state index is 14.2. The van der Waals surface area contributed by atoms with Crippen molar-refractivity contribution in [3.63, 3.8) is 0 Å². The molecule has 4 rings (SSSR count). The van der Waals surface area contributed by atoms with E-state index in [9.17, 15) is 18.0 Å². The van der Waals surface area contributed by atoms with Gasteiger partial charge in [-0.2, -0.15) is 0 Å². The third kappa shape index (κ3) is 7.44. The molecule has 1 saturated carbocycles. The van der Waals surface area contributed by atoms with Gasteiger partial charge in [0.2, 0.25) is 11.8 Å². The Hall–Kier alpha value is -3.56. The van der Waals surface area contributed by atoms with Gasteiger partial charge in [0.05, 0.1) is 17.7 Å². The Bertz CT molecular complexity index is 1470. The van der Waals surface area contributed by atoms with Gasteiger partial charge in [-0.3, -0.25) is 13.9 Å². The van der Waals surface area contributed by atoms with Crippen LogP contribution in [0.4, 0.5) is 5.69 Å². The largest absolute Gasteiger partial charge is 0.497 e. The smallest absolute Gasteiger partial charge is 0.264 e. The van der Waals surface area contributed by atoms with Crippen LogP contribution in [-0.4, -0.2) is 50.9 Å². The highest BCUT2D eigenvalue weighted by atomic mass is 35.5. The summed E-state index contributed by atoms with van der Waals surface area (Å²) in [5.74, 6) is -0.201. The van der Waals surface area contributed by atoms with E-state index >= 15 is 0 Å². The lowest BCUT2D eigenvalue weighted by Gasteiger charge is -2.34. The minimum Gasteiger partial charge on any atom is -0.497 e. The number of halogens is 1. The van der Waals surface area contributed by atoms with Crippen LogP contribution in [0.15, 0.2) is 77.7 Å².